The number of aryl methyl sites for hydroxylation is 1. The molecule has 36 heavy (non-hydrogen) atoms. The van der Waals surface area contributed by atoms with Crippen molar-refractivity contribution in [1.29, 1.82) is 0 Å². The molecule has 0 saturated heterocycles. The van der Waals surface area contributed by atoms with Crippen LogP contribution in [-0.2, 0) is 20.3 Å². The summed E-state index contributed by atoms with van der Waals surface area (Å²) in [6.45, 7) is -14.7. The molecule has 3 aromatic rings. The molecule has 1 amide bonds. The average Bonchev–Trinajstić information content (AvgIpc) is 2.97. The lowest BCUT2D eigenvalue weighted by Gasteiger charge is -2.36. The molecule has 3 rings (SSSR count). The van der Waals surface area contributed by atoms with Crippen LogP contribution < -0.4 is 5.73 Å². The van der Waals surface area contributed by atoms with Crippen LogP contribution in [0.2, 0.25) is 0 Å². The first-order chi connectivity index (χ1) is 22.5. The zero-order chi connectivity index (χ0) is 38.8. The lowest BCUT2D eigenvalue weighted by Crippen LogP contribution is -2.47. The Balaban J connectivity index is 0.000000666. The second-order valence-corrected chi connectivity index (χ2v) is 9.16. The van der Waals surface area contributed by atoms with Crippen LogP contribution in [0.1, 0.15) is 69.8 Å². The van der Waals surface area contributed by atoms with E-state index in [1.54, 1.807) is 30.3 Å². The molecule has 1 unspecified atom stereocenters. The molecule has 7 nitrogen and oxygen atoms in total. The Hall–Kier alpha value is -3.07. The number of nitrogens with two attached hydrogens (primary N) is 1. The summed E-state index contributed by atoms with van der Waals surface area (Å²) >= 11 is 0. The van der Waals surface area contributed by atoms with E-state index in [4.69, 9.17) is 29.5 Å². The molecule has 0 radical (unpaired) electrons. The average molecular weight is 526 g/mol. The number of aromatic nitrogens is 1. The number of amides is 1. The van der Waals surface area contributed by atoms with Crippen LogP contribution in [0.5, 0.6) is 0 Å². The lowest BCUT2D eigenvalue weighted by molar-refractivity contribution is -0.122. The molecule has 8 heteroatoms. The molecule has 0 aliphatic carbocycles. The Labute approximate surface area is 234 Å². The molecule has 1 atom stereocenters. The first-order valence-electron chi connectivity index (χ1n) is 17.6. The summed E-state index contributed by atoms with van der Waals surface area (Å²) < 4.78 is 142. The van der Waals surface area contributed by atoms with Crippen molar-refractivity contribution in [3.05, 3.63) is 95.8 Å². The third kappa shape index (κ3) is 7.46. The van der Waals surface area contributed by atoms with Gasteiger partial charge in [0, 0.05) is 44.0 Å². The smallest absolute Gasteiger partial charge is 0.294 e. The van der Waals surface area contributed by atoms with Crippen molar-refractivity contribution in [2.24, 2.45) is 5.73 Å². The molecule has 1 aromatic heterocycles. The predicted octanol–water partition coefficient (Wildman–Crippen LogP) is 4.60. The summed E-state index contributed by atoms with van der Waals surface area (Å²) in [6, 6.07) is 10.3. The highest BCUT2D eigenvalue weighted by Crippen LogP contribution is 2.35. The second-order valence-electron chi connectivity index (χ2n) is 7.74. The molecule has 0 fully saturated rings. The number of nitrogens with zero attached hydrogens (tertiary/aromatic N) is 2. The Kier molecular flexibility index (Phi) is 5.18. The van der Waals surface area contributed by atoms with E-state index in [0.29, 0.717) is 0 Å². The number of hydrogen-bond acceptors (Lipinski definition) is 5. The van der Waals surface area contributed by atoms with Crippen molar-refractivity contribution in [2.45, 2.75) is 63.1 Å². The van der Waals surface area contributed by atoms with Gasteiger partial charge in [0.25, 0.3) is 10.1 Å². The van der Waals surface area contributed by atoms with Gasteiger partial charge in [-0.1, -0.05) is 54.1 Å². The molecule has 0 aliphatic heterocycles. The molecule has 2 aromatic carbocycles. The van der Waals surface area contributed by atoms with Crippen molar-refractivity contribution in [3.63, 3.8) is 0 Å². The van der Waals surface area contributed by atoms with Gasteiger partial charge in [0.15, 0.2) is 0 Å². The van der Waals surface area contributed by atoms with Crippen molar-refractivity contribution in [2.75, 3.05) is 6.54 Å². The highest BCUT2D eigenvalue weighted by Gasteiger charge is 2.42. The fourth-order valence-corrected chi connectivity index (χ4v) is 3.96. The zero-order valence-corrected chi connectivity index (χ0v) is 20.3. The maximum atomic E-state index is 13.1. The van der Waals surface area contributed by atoms with E-state index in [-0.39, 0.29) is 21.1 Å². The molecular weight excluding hydrogens is 474 g/mol. The Morgan fingerprint density at radius 2 is 1.61 bits per heavy atom. The summed E-state index contributed by atoms with van der Waals surface area (Å²) in [5, 5.41) is 0. The summed E-state index contributed by atoms with van der Waals surface area (Å²) in [7, 11) is -4.02. The minimum atomic E-state index is -4.02. The second kappa shape index (κ2) is 12.8. The minimum Gasteiger partial charge on any atom is -0.369 e. The fourth-order valence-electron chi connectivity index (χ4n) is 3.48. The van der Waals surface area contributed by atoms with Crippen LogP contribution in [0.3, 0.4) is 0 Å². The minimum absolute atomic E-state index is 0.0142. The van der Waals surface area contributed by atoms with Crippen LogP contribution in [-0.4, -0.2) is 47.3 Å². The van der Waals surface area contributed by atoms with Crippen LogP contribution in [0.4, 0.5) is 0 Å². The predicted molar refractivity (Wildman–Crippen MR) is 143 cm³/mol. The normalized spacial score (nSPS) is 21.0. The van der Waals surface area contributed by atoms with Gasteiger partial charge in [-0.25, -0.2) is 0 Å². The summed E-state index contributed by atoms with van der Waals surface area (Å²) in [6.07, 6.45) is 0.607. The number of hydrogen-bond donors (Lipinski definition) is 2. The summed E-state index contributed by atoms with van der Waals surface area (Å²) in [4.78, 5) is 17.1. The van der Waals surface area contributed by atoms with Crippen LogP contribution in [0, 0.1) is 6.92 Å². The van der Waals surface area contributed by atoms with Crippen molar-refractivity contribution >= 4 is 16.0 Å². The van der Waals surface area contributed by atoms with Crippen LogP contribution in [0.25, 0.3) is 0 Å². The van der Waals surface area contributed by atoms with Gasteiger partial charge < -0.3 is 5.73 Å². The number of carbonyl (C=O) groups excluding carboxylic acids is 1. The molecule has 0 bridgehead atoms. The van der Waals surface area contributed by atoms with E-state index < -0.39 is 73.8 Å². The number of pyridine rings is 1. The van der Waals surface area contributed by atoms with Crippen LogP contribution >= 0.6 is 0 Å². The van der Waals surface area contributed by atoms with E-state index in [2.05, 4.69) is 4.98 Å². The van der Waals surface area contributed by atoms with Gasteiger partial charge in [-0.2, -0.15) is 8.42 Å². The van der Waals surface area contributed by atoms with Gasteiger partial charge >= 0.3 is 0 Å². The third-order valence-corrected chi connectivity index (χ3v) is 6.23. The molecule has 0 saturated carbocycles. The zero-order valence-electron chi connectivity index (χ0n) is 33.5. The van der Waals surface area contributed by atoms with Crippen molar-refractivity contribution < 1.29 is 37.0 Å². The number of benzene rings is 2. The molecule has 0 spiro atoms. The maximum absolute atomic E-state index is 13.1. The summed E-state index contributed by atoms with van der Waals surface area (Å²) in [5.41, 5.74) is 5.06. The molecule has 3 N–H and O–H groups in total. The standard InChI is InChI=1S/C21H29N3O.C7H8O3S/c1-16(2)24(17(3)4)15-13-21(20(22)25,18-10-6-5-7-11-18)19-12-8-9-14-23-19;1-6-2-4-7(5-3-6)11(8,9)10/h5-12,14,16-17H,13,15H2,1-4H3,(H2,22,25);2-5H,1H3,(H,8,9,10)/i1D3,2D3,3D3,4D3,16D,17D;. The van der Waals surface area contributed by atoms with Gasteiger partial charge in [-0.15, -0.1) is 0 Å². The Morgan fingerprint density at radius 1 is 1.03 bits per heavy atom. The lowest BCUT2D eigenvalue weighted by atomic mass is 9.73. The van der Waals surface area contributed by atoms with Gasteiger partial charge in [0.05, 0.1) is 10.6 Å². The first-order valence-corrected chi connectivity index (χ1v) is 12.0. The van der Waals surface area contributed by atoms with E-state index in [1.807, 2.05) is 6.92 Å². The topological polar surface area (TPSA) is 114 Å². The van der Waals surface area contributed by atoms with Gasteiger partial charge in [-0.3, -0.25) is 19.2 Å². The van der Waals surface area contributed by atoms with Gasteiger partial charge in [0.2, 0.25) is 5.91 Å². The summed E-state index contributed by atoms with van der Waals surface area (Å²) in [5.74, 6) is -1.05. The fraction of sp³-hybridized carbons (Fsp3) is 0.357. The van der Waals surface area contributed by atoms with Gasteiger partial charge in [-0.05, 0) is 70.6 Å². The van der Waals surface area contributed by atoms with Crippen molar-refractivity contribution in [1.82, 2.24) is 9.88 Å². The highest BCUT2D eigenvalue weighted by atomic mass is 32.2. The maximum Gasteiger partial charge on any atom is 0.294 e. The SMILES string of the molecule is Cc1ccc(S(=O)(=O)O)cc1.[2H]C([2H])([2H])C([2H])(N(CCC(C(N)=O)(c1ccccc1)c1ccccn1)C([2H])(C([2H])([2H])[2H])C([2H])([2H])[2H])C([2H])([2H])[2H]. The van der Waals surface area contributed by atoms with E-state index in [0.717, 1.165) is 5.56 Å². The van der Waals surface area contributed by atoms with E-state index >= 15 is 0 Å². The Morgan fingerprint density at radius 3 is 2.08 bits per heavy atom. The third-order valence-electron chi connectivity index (χ3n) is 5.36. The Bertz CT molecular complexity index is 1590. The van der Waals surface area contributed by atoms with Crippen LogP contribution in [0.15, 0.2) is 83.9 Å². The molecular formula is C28H37N3O4S. The number of carbonyl (C=O) groups is 1. The van der Waals surface area contributed by atoms with Crippen molar-refractivity contribution in [3.8, 4) is 0 Å². The number of rotatable bonds is 9. The van der Waals surface area contributed by atoms with E-state index in [9.17, 15) is 13.2 Å². The van der Waals surface area contributed by atoms with E-state index in [1.165, 1.54) is 48.7 Å². The highest BCUT2D eigenvalue weighted by molar-refractivity contribution is 7.85. The quantitative estimate of drug-likeness (QED) is 0.395. The monoisotopic (exact) mass is 525 g/mol. The van der Waals surface area contributed by atoms with Gasteiger partial charge in [0.1, 0.15) is 5.41 Å². The molecule has 194 valence electrons. The largest absolute Gasteiger partial charge is 0.369 e. The first kappa shape index (κ1) is 14.6. The number of primary amides is 1. The molecule has 1 heterocycles. The molecule has 0 aliphatic rings.